The van der Waals surface area contributed by atoms with Gasteiger partial charge in [-0.15, -0.1) is 0 Å². The third-order valence-electron chi connectivity index (χ3n) is 5.30. The zero-order valence-corrected chi connectivity index (χ0v) is 17.7. The maximum Gasteiger partial charge on any atom is 0.277 e. The predicted octanol–water partition coefficient (Wildman–Crippen LogP) is 6.21. The minimum atomic E-state index is -0.284. The Morgan fingerprint density at radius 2 is 1.71 bits per heavy atom. The zero-order chi connectivity index (χ0) is 20.2. The summed E-state index contributed by atoms with van der Waals surface area (Å²) in [7, 11) is 0. The summed E-state index contributed by atoms with van der Waals surface area (Å²) in [6, 6.07) is 11.1. The van der Waals surface area contributed by atoms with Crippen LogP contribution in [0.3, 0.4) is 0 Å². The van der Waals surface area contributed by atoms with Crippen molar-refractivity contribution in [2.45, 2.75) is 39.7 Å². The molecule has 1 N–H and O–H groups in total. The number of H-pyrrole nitrogens is 1. The van der Waals surface area contributed by atoms with Gasteiger partial charge in [0.15, 0.2) is 0 Å². The van der Waals surface area contributed by atoms with Crippen molar-refractivity contribution in [1.82, 2.24) is 10.2 Å². The average molecular weight is 414 g/mol. The van der Waals surface area contributed by atoms with Crippen molar-refractivity contribution >= 4 is 34.8 Å². The monoisotopic (exact) mass is 413 g/mol. The highest BCUT2D eigenvalue weighted by molar-refractivity contribution is 6.31. The summed E-state index contributed by atoms with van der Waals surface area (Å²) in [5, 5.41) is 8.70. The van der Waals surface area contributed by atoms with Gasteiger partial charge in [0.05, 0.1) is 11.7 Å². The van der Waals surface area contributed by atoms with E-state index in [1.807, 2.05) is 55.1 Å². The van der Waals surface area contributed by atoms with Crippen LogP contribution in [0.1, 0.15) is 64.2 Å². The molecule has 1 aliphatic rings. The highest BCUT2D eigenvalue weighted by atomic mass is 35.5. The van der Waals surface area contributed by atoms with E-state index in [0.29, 0.717) is 15.7 Å². The first-order chi connectivity index (χ1) is 13.3. The summed E-state index contributed by atoms with van der Waals surface area (Å²) in [5.41, 5.74) is 6.23. The van der Waals surface area contributed by atoms with Gasteiger partial charge in [0.2, 0.25) is 0 Å². The van der Waals surface area contributed by atoms with Gasteiger partial charge in [-0.3, -0.25) is 14.8 Å². The molecular weight excluding hydrogens is 393 g/mol. The lowest BCUT2D eigenvalue weighted by Gasteiger charge is -2.29. The quantitative estimate of drug-likeness (QED) is 0.554. The first-order valence-corrected chi connectivity index (χ1v) is 9.99. The number of hydrogen-bond acceptors (Lipinski definition) is 2. The molecule has 0 spiro atoms. The Morgan fingerprint density at radius 1 is 1.04 bits per heavy atom. The van der Waals surface area contributed by atoms with Gasteiger partial charge in [0.1, 0.15) is 5.69 Å². The molecule has 0 saturated carbocycles. The number of nitrogens with one attached hydrogen (secondary N) is 1. The molecule has 6 heteroatoms. The molecule has 0 radical (unpaired) electrons. The number of anilines is 1. The summed E-state index contributed by atoms with van der Waals surface area (Å²) >= 11 is 12.5. The number of hydrogen-bond donors (Lipinski definition) is 1. The highest BCUT2D eigenvalue weighted by Crippen LogP contribution is 2.46. The molecule has 2 aromatic carbocycles. The van der Waals surface area contributed by atoms with Crippen molar-refractivity contribution in [3.05, 3.63) is 80.1 Å². The number of amides is 1. The highest BCUT2D eigenvalue weighted by Gasteiger charge is 2.44. The van der Waals surface area contributed by atoms with E-state index in [1.165, 1.54) is 0 Å². The first kappa shape index (κ1) is 19.0. The number of rotatable bonds is 3. The lowest BCUT2D eigenvalue weighted by Crippen LogP contribution is -2.30. The van der Waals surface area contributed by atoms with Gasteiger partial charge in [0.25, 0.3) is 5.91 Å². The predicted molar refractivity (Wildman–Crippen MR) is 114 cm³/mol. The molecule has 0 aliphatic carbocycles. The second-order valence-corrected chi connectivity index (χ2v) is 8.43. The van der Waals surface area contributed by atoms with E-state index in [-0.39, 0.29) is 17.9 Å². The minimum absolute atomic E-state index is 0.0980. The van der Waals surface area contributed by atoms with Gasteiger partial charge < -0.3 is 0 Å². The molecule has 1 amide bonds. The standard InChI is InChI=1S/C22H21Cl2N3O/c1-11(2)19-18-20(26-25-19)22(28)27(17-10-15(24)6-5-12(17)3)21(18)16-8-7-14(23)9-13(16)4/h5-11,21H,1-4H3,(H,25,26). The van der Waals surface area contributed by atoms with E-state index < -0.39 is 0 Å². The topological polar surface area (TPSA) is 49.0 Å². The van der Waals surface area contributed by atoms with E-state index >= 15 is 0 Å². The Bertz CT molecular complexity index is 1090. The molecule has 0 bridgehead atoms. The smallest absolute Gasteiger partial charge is 0.277 e. The van der Waals surface area contributed by atoms with Gasteiger partial charge in [-0.05, 0) is 60.7 Å². The Kier molecular flexibility index (Phi) is 4.72. The van der Waals surface area contributed by atoms with Crippen LogP contribution in [0.5, 0.6) is 0 Å². The van der Waals surface area contributed by atoms with Crippen molar-refractivity contribution in [3.63, 3.8) is 0 Å². The fourth-order valence-electron chi connectivity index (χ4n) is 3.94. The molecule has 4 rings (SSSR count). The minimum Gasteiger partial charge on any atom is -0.295 e. The summed E-state index contributed by atoms with van der Waals surface area (Å²) in [4.78, 5) is 15.3. The molecule has 3 aromatic rings. The van der Waals surface area contributed by atoms with Crippen LogP contribution in [0.25, 0.3) is 0 Å². The van der Waals surface area contributed by atoms with E-state index in [2.05, 4.69) is 24.0 Å². The molecule has 1 aromatic heterocycles. The molecule has 0 fully saturated rings. The van der Waals surface area contributed by atoms with E-state index in [1.54, 1.807) is 0 Å². The SMILES string of the molecule is Cc1cc(Cl)ccc1C1c2c(C(C)C)n[nH]c2C(=O)N1c1cc(Cl)ccc1C. The number of fused-ring (bicyclic) bond motifs is 1. The Morgan fingerprint density at radius 3 is 2.39 bits per heavy atom. The maximum absolute atomic E-state index is 13.4. The van der Waals surface area contributed by atoms with Gasteiger partial charge in [-0.2, -0.15) is 5.10 Å². The summed E-state index contributed by atoms with van der Waals surface area (Å²) in [5.74, 6) is 0.0856. The molecule has 2 heterocycles. The van der Waals surface area contributed by atoms with Gasteiger partial charge in [-0.25, -0.2) is 0 Å². The van der Waals surface area contributed by atoms with Crippen molar-refractivity contribution in [1.29, 1.82) is 0 Å². The zero-order valence-electron chi connectivity index (χ0n) is 16.2. The van der Waals surface area contributed by atoms with Crippen LogP contribution in [0.2, 0.25) is 10.0 Å². The molecule has 28 heavy (non-hydrogen) atoms. The first-order valence-electron chi connectivity index (χ1n) is 9.23. The van der Waals surface area contributed by atoms with Gasteiger partial charge in [-0.1, -0.05) is 49.2 Å². The molecule has 0 saturated heterocycles. The lowest BCUT2D eigenvalue weighted by molar-refractivity contribution is 0.0988. The largest absolute Gasteiger partial charge is 0.295 e. The Hall–Kier alpha value is -2.30. The van der Waals surface area contributed by atoms with Crippen LogP contribution in [0.4, 0.5) is 5.69 Å². The van der Waals surface area contributed by atoms with Crippen LogP contribution in [0, 0.1) is 13.8 Å². The second-order valence-electron chi connectivity index (χ2n) is 7.56. The normalized spacial score (nSPS) is 16.2. The number of nitrogens with zero attached hydrogens (tertiary/aromatic N) is 2. The van der Waals surface area contributed by atoms with Crippen LogP contribution in [-0.4, -0.2) is 16.1 Å². The van der Waals surface area contributed by atoms with E-state index in [0.717, 1.165) is 33.6 Å². The fourth-order valence-corrected chi connectivity index (χ4v) is 4.34. The fraction of sp³-hybridized carbons (Fsp3) is 0.273. The third-order valence-corrected chi connectivity index (χ3v) is 5.77. The number of carbonyl (C=O) groups is 1. The molecule has 144 valence electrons. The summed E-state index contributed by atoms with van der Waals surface area (Å²) in [6.45, 7) is 8.17. The lowest BCUT2D eigenvalue weighted by atomic mass is 9.92. The number of halogens is 2. The summed E-state index contributed by atoms with van der Waals surface area (Å²) < 4.78 is 0. The number of aromatic amines is 1. The van der Waals surface area contributed by atoms with Crippen LogP contribution in [-0.2, 0) is 0 Å². The van der Waals surface area contributed by atoms with Crippen LogP contribution in [0.15, 0.2) is 36.4 Å². The van der Waals surface area contributed by atoms with Crippen molar-refractivity contribution in [2.24, 2.45) is 0 Å². The van der Waals surface area contributed by atoms with Gasteiger partial charge in [0, 0.05) is 21.3 Å². The molecule has 1 aliphatic heterocycles. The van der Waals surface area contributed by atoms with Crippen molar-refractivity contribution in [2.75, 3.05) is 4.90 Å². The van der Waals surface area contributed by atoms with E-state index in [4.69, 9.17) is 23.2 Å². The van der Waals surface area contributed by atoms with Gasteiger partial charge >= 0.3 is 0 Å². The summed E-state index contributed by atoms with van der Waals surface area (Å²) in [6.07, 6.45) is 0. The third kappa shape index (κ3) is 2.92. The molecular formula is C22H21Cl2N3O. The van der Waals surface area contributed by atoms with Crippen molar-refractivity contribution in [3.8, 4) is 0 Å². The number of aromatic nitrogens is 2. The number of carbonyl (C=O) groups excluding carboxylic acids is 1. The number of aryl methyl sites for hydroxylation is 2. The number of benzene rings is 2. The van der Waals surface area contributed by atoms with E-state index in [9.17, 15) is 4.79 Å². The molecule has 1 atom stereocenters. The Labute approximate surface area is 174 Å². The second kappa shape index (κ2) is 6.94. The van der Waals surface area contributed by atoms with Crippen molar-refractivity contribution < 1.29 is 4.79 Å². The average Bonchev–Trinajstić information content (AvgIpc) is 3.17. The molecule has 4 nitrogen and oxygen atoms in total. The Balaban J connectivity index is 2.00. The van der Waals surface area contributed by atoms with Crippen LogP contribution >= 0.6 is 23.2 Å². The molecule has 1 unspecified atom stereocenters. The van der Waals surface area contributed by atoms with Crippen LogP contribution < -0.4 is 4.90 Å². The maximum atomic E-state index is 13.4.